The lowest BCUT2D eigenvalue weighted by atomic mass is 9.75. The van der Waals surface area contributed by atoms with E-state index in [2.05, 4.69) is 5.32 Å². The van der Waals surface area contributed by atoms with E-state index in [-0.39, 0.29) is 26.5 Å². The molecule has 2 atom stereocenters. The molecule has 3 aliphatic rings. The lowest BCUT2D eigenvalue weighted by molar-refractivity contribution is -0.130. The fourth-order valence-electron chi connectivity index (χ4n) is 5.05. The zero-order chi connectivity index (χ0) is 23.2. The molecule has 2 amide bonds. The zero-order valence-electron chi connectivity index (χ0n) is 19.3. The van der Waals surface area contributed by atoms with Gasteiger partial charge in [-0.2, -0.15) is 0 Å². The second-order valence-electron chi connectivity index (χ2n) is 9.18. The Kier molecular flexibility index (Phi) is 9.08. The third-order valence-corrected chi connectivity index (χ3v) is 6.85. The van der Waals surface area contributed by atoms with Gasteiger partial charge >= 0.3 is 0 Å². The van der Waals surface area contributed by atoms with Gasteiger partial charge in [-0.25, -0.2) is 4.39 Å². The van der Waals surface area contributed by atoms with E-state index in [1.165, 1.54) is 49.9 Å². The highest BCUT2D eigenvalue weighted by Crippen LogP contribution is 2.37. The first-order valence-electron chi connectivity index (χ1n) is 12.2. The molecule has 0 spiro atoms. The minimum Gasteiger partial charge on any atom is -0.493 e. The Bertz CT molecular complexity index is 971. The van der Waals surface area contributed by atoms with Crippen molar-refractivity contribution in [2.24, 2.45) is 11.8 Å². The minimum atomic E-state index is -0.389. The fourth-order valence-corrected chi connectivity index (χ4v) is 5.05. The zero-order valence-corrected chi connectivity index (χ0v) is 19.3. The summed E-state index contributed by atoms with van der Waals surface area (Å²) in [5.74, 6) is 1.15. The van der Waals surface area contributed by atoms with E-state index >= 15 is 0 Å². The predicted octanol–water partition coefficient (Wildman–Crippen LogP) is 6.00. The average molecular weight is 471 g/mol. The summed E-state index contributed by atoms with van der Waals surface area (Å²) in [6.45, 7) is 4.12. The SMILES string of the molecule is C.CCCOC1=CC(NC(=O)c2ccc(F)cc2)=CCC=C1C(=O)N1CCC2CCCCC2C1.[HH]. The lowest BCUT2D eigenvalue weighted by Crippen LogP contribution is -2.45. The van der Waals surface area contributed by atoms with Crippen LogP contribution in [0.15, 0.2) is 59.5 Å². The van der Waals surface area contributed by atoms with Crippen molar-refractivity contribution in [3.05, 3.63) is 70.9 Å². The summed E-state index contributed by atoms with van der Waals surface area (Å²) < 4.78 is 19.2. The molecule has 1 saturated carbocycles. The van der Waals surface area contributed by atoms with Gasteiger partial charge in [0.25, 0.3) is 11.8 Å². The van der Waals surface area contributed by atoms with Crippen LogP contribution in [0.1, 0.15) is 71.1 Å². The monoisotopic (exact) mass is 470 g/mol. The number of hydrogen-bond donors (Lipinski definition) is 1. The number of amides is 2. The molecule has 0 bridgehead atoms. The molecule has 1 aliphatic heterocycles. The van der Waals surface area contributed by atoms with Crippen molar-refractivity contribution in [2.45, 2.75) is 59.3 Å². The number of piperidine rings is 1. The molecule has 5 nitrogen and oxygen atoms in total. The summed E-state index contributed by atoms with van der Waals surface area (Å²) in [6, 6.07) is 5.41. The molecule has 6 heteroatoms. The summed E-state index contributed by atoms with van der Waals surface area (Å²) in [4.78, 5) is 28.1. The van der Waals surface area contributed by atoms with Gasteiger partial charge < -0.3 is 15.0 Å². The number of hydrogen-bond acceptors (Lipinski definition) is 3. The standard InChI is InChI=1S/C27H33FN2O3.CH4.H2/c1-2-16-33-25-17-23(29-26(31)20-10-12-22(28)13-11-20)8-5-9-24(25)27(32)30-15-14-19-6-3-4-7-21(19)18-30;;/h8-13,17,19,21H,2-7,14-16,18H2,1H3,(H,29,31);1H4;1H. The highest BCUT2D eigenvalue weighted by Gasteiger charge is 2.34. The summed E-state index contributed by atoms with van der Waals surface area (Å²) in [6.07, 6.45) is 13.0. The van der Waals surface area contributed by atoms with Crippen molar-refractivity contribution in [1.82, 2.24) is 10.2 Å². The van der Waals surface area contributed by atoms with Gasteiger partial charge in [0.1, 0.15) is 11.6 Å². The van der Waals surface area contributed by atoms with E-state index in [1.54, 1.807) is 6.08 Å². The Hall–Kier alpha value is -2.89. The van der Waals surface area contributed by atoms with Crippen molar-refractivity contribution < 1.29 is 20.1 Å². The highest BCUT2D eigenvalue weighted by atomic mass is 19.1. The van der Waals surface area contributed by atoms with Crippen molar-refractivity contribution >= 4 is 11.8 Å². The van der Waals surface area contributed by atoms with Gasteiger partial charge in [-0.3, -0.25) is 9.59 Å². The van der Waals surface area contributed by atoms with Crippen LogP contribution in [0.3, 0.4) is 0 Å². The smallest absolute Gasteiger partial charge is 0.257 e. The Balaban J connectivity index is 0.00000216. The first-order valence-corrected chi connectivity index (χ1v) is 12.2. The van der Waals surface area contributed by atoms with Gasteiger partial charge in [0.05, 0.1) is 12.2 Å². The third kappa shape index (κ3) is 6.16. The van der Waals surface area contributed by atoms with E-state index in [9.17, 15) is 14.0 Å². The number of ether oxygens (including phenoxy) is 1. The summed E-state index contributed by atoms with van der Waals surface area (Å²) in [7, 11) is 0. The topological polar surface area (TPSA) is 58.6 Å². The Morgan fingerprint density at radius 2 is 1.85 bits per heavy atom. The highest BCUT2D eigenvalue weighted by molar-refractivity contribution is 5.98. The number of benzene rings is 1. The first-order chi connectivity index (χ1) is 16.0. The number of nitrogens with one attached hydrogen (secondary N) is 1. The average Bonchev–Trinajstić information content (AvgIpc) is 3.04. The van der Waals surface area contributed by atoms with E-state index in [1.807, 2.05) is 24.0 Å². The van der Waals surface area contributed by atoms with Gasteiger partial charge in [0.2, 0.25) is 0 Å². The molecule has 2 aliphatic carbocycles. The second-order valence-corrected chi connectivity index (χ2v) is 9.18. The van der Waals surface area contributed by atoms with Crippen molar-refractivity contribution in [3.63, 3.8) is 0 Å². The van der Waals surface area contributed by atoms with Crippen LogP contribution in [-0.4, -0.2) is 36.4 Å². The molecule has 4 rings (SSSR count). The van der Waals surface area contributed by atoms with Gasteiger partial charge in [0, 0.05) is 31.9 Å². The van der Waals surface area contributed by atoms with Crippen LogP contribution < -0.4 is 5.32 Å². The normalized spacial score (nSPS) is 22.2. The maximum atomic E-state index is 13.5. The van der Waals surface area contributed by atoms with E-state index in [4.69, 9.17) is 4.74 Å². The van der Waals surface area contributed by atoms with Crippen LogP contribution in [0.25, 0.3) is 0 Å². The van der Waals surface area contributed by atoms with Crippen molar-refractivity contribution in [2.75, 3.05) is 19.7 Å². The van der Waals surface area contributed by atoms with E-state index < -0.39 is 0 Å². The fraction of sp³-hybridized carbons (Fsp3) is 0.500. The molecular formula is C28H39FN2O3. The molecule has 1 saturated heterocycles. The Morgan fingerprint density at radius 1 is 1.12 bits per heavy atom. The van der Waals surface area contributed by atoms with E-state index in [0.29, 0.717) is 41.5 Å². The number of fused-ring (bicyclic) bond motifs is 1. The number of carbonyl (C=O) groups is 2. The molecule has 1 N–H and O–H groups in total. The third-order valence-electron chi connectivity index (χ3n) is 6.85. The van der Waals surface area contributed by atoms with Crippen LogP contribution >= 0.6 is 0 Å². The molecule has 186 valence electrons. The van der Waals surface area contributed by atoms with Crippen LogP contribution in [0.4, 0.5) is 4.39 Å². The first kappa shape index (κ1) is 25.7. The van der Waals surface area contributed by atoms with Crippen LogP contribution in [0.2, 0.25) is 0 Å². The molecular weight excluding hydrogens is 431 g/mol. The molecule has 0 aromatic heterocycles. The van der Waals surface area contributed by atoms with Gasteiger partial charge in [-0.15, -0.1) is 0 Å². The Morgan fingerprint density at radius 3 is 2.59 bits per heavy atom. The lowest BCUT2D eigenvalue weighted by Gasteiger charge is -2.41. The molecule has 34 heavy (non-hydrogen) atoms. The quantitative estimate of drug-likeness (QED) is 0.555. The number of carbonyl (C=O) groups excluding carboxylic acids is 2. The summed E-state index contributed by atoms with van der Waals surface area (Å²) in [5, 5.41) is 2.86. The Labute approximate surface area is 204 Å². The molecule has 0 radical (unpaired) electrons. The second kappa shape index (κ2) is 12.0. The largest absolute Gasteiger partial charge is 0.493 e. The van der Waals surface area contributed by atoms with Gasteiger partial charge in [-0.1, -0.05) is 45.8 Å². The van der Waals surface area contributed by atoms with E-state index in [0.717, 1.165) is 31.8 Å². The maximum Gasteiger partial charge on any atom is 0.257 e. The predicted molar refractivity (Wildman–Crippen MR) is 134 cm³/mol. The van der Waals surface area contributed by atoms with Crippen LogP contribution in [0, 0.1) is 17.7 Å². The maximum absolute atomic E-state index is 13.5. The number of likely N-dealkylation sites (tertiary alicyclic amines) is 1. The molecule has 2 unspecified atom stereocenters. The molecule has 1 aromatic rings. The van der Waals surface area contributed by atoms with Crippen LogP contribution in [-0.2, 0) is 9.53 Å². The molecule has 2 fully saturated rings. The van der Waals surface area contributed by atoms with Gasteiger partial charge in [0.15, 0.2) is 0 Å². The minimum absolute atomic E-state index is 0. The summed E-state index contributed by atoms with van der Waals surface area (Å²) in [5.41, 5.74) is 1.51. The number of halogens is 1. The number of rotatable bonds is 6. The van der Waals surface area contributed by atoms with Crippen LogP contribution in [0.5, 0.6) is 0 Å². The molecule has 1 heterocycles. The van der Waals surface area contributed by atoms with Crippen molar-refractivity contribution in [3.8, 4) is 0 Å². The summed E-state index contributed by atoms with van der Waals surface area (Å²) >= 11 is 0. The van der Waals surface area contributed by atoms with Crippen molar-refractivity contribution in [1.29, 1.82) is 0 Å². The number of nitrogens with zero attached hydrogens (tertiary/aromatic N) is 1. The van der Waals surface area contributed by atoms with Gasteiger partial charge in [-0.05, 0) is 61.8 Å². The molecule has 1 aromatic carbocycles. The number of allylic oxidation sites excluding steroid dienone is 3.